The maximum absolute atomic E-state index is 12.7. The lowest BCUT2D eigenvalue weighted by Gasteiger charge is -2.26. The molecule has 3 aromatic rings. The molecule has 0 atom stereocenters. The number of hydrogen-bond acceptors (Lipinski definition) is 8. The van der Waals surface area contributed by atoms with E-state index in [1.807, 2.05) is 0 Å². The lowest BCUT2D eigenvalue weighted by Crippen LogP contribution is -2.40. The summed E-state index contributed by atoms with van der Waals surface area (Å²) in [7, 11) is -2.18. The maximum Gasteiger partial charge on any atom is 0.314 e. The van der Waals surface area contributed by atoms with Crippen molar-refractivity contribution in [3.63, 3.8) is 0 Å². The normalized spacial score (nSPS) is 14.4. The first-order valence-electron chi connectivity index (χ1n) is 10.3. The number of oxazole rings is 1. The van der Waals surface area contributed by atoms with Crippen LogP contribution in [0.25, 0.3) is 11.3 Å². The number of sulfonamides is 1. The van der Waals surface area contributed by atoms with Crippen molar-refractivity contribution in [2.45, 2.75) is 4.90 Å². The van der Waals surface area contributed by atoms with E-state index in [0.717, 1.165) is 0 Å². The summed E-state index contributed by atoms with van der Waals surface area (Å²) < 4.78 is 42.5. The molecule has 1 aliphatic rings. The smallest absolute Gasteiger partial charge is 0.314 e. The van der Waals surface area contributed by atoms with Gasteiger partial charge in [0.15, 0.2) is 12.2 Å². The number of rotatable bonds is 6. The van der Waals surface area contributed by atoms with E-state index in [0.29, 0.717) is 36.0 Å². The quantitative estimate of drug-likeness (QED) is 0.504. The Labute approximate surface area is 195 Å². The molecule has 1 saturated heterocycles. The lowest BCUT2D eigenvalue weighted by molar-refractivity contribution is -0.132. The molecule has 12 heteroatoms. The lowest BCUT2D eigenvalue weighted by atomic mass is 10.1. The molecular formula is C22H22N4O7S. The summed E-state index contributed by atoms with van der Waals surface area (Å²) in [6.45, 7) is 1.25. The molecular weight excluding hydrogens is 464 g/mol. The summed E-state index contributed by atoms with van der Waals surface area (Å²) >= 11 is 0. The van der Waals surface area contributed by atoms with Gasteiger partial charge in [0.2, 0.25) is 10.0 Å². The van der Waals surface area contributed by atoms with Crippen molar-refractivity contribution in [2.24, 2.45) is 0 Å². The Morgan fingerprint density at radius 1 is 1.00 bits per heavy atom. The second-order valence-corrected chi connectivity index (χ2v) is 9.17. The van der Waals surface area contributed by atoms with Gasteiger partial charge in [0, 0.05) is 30.5 Å². The highest BCUT2D eigenvalue weighted by molar-refractivity contribution is 7.89. The minimum absolute atomic E-state index is 0.0933. The van der Waals surface area contributed by atoms with Gasteiger partial charge in [-0.2, -0.15) is 4.31 Å². The second kappa shape index (κ2) is 10.0. The van der Waals surface area contributed by atoms with Crippen molar-refractivity contribution >= 4 is 33.2 Å². The van der Waals surface area contributed by atoms with E-state index in [9.17, 15) is 18.0 Å². The predicted octanol–water partition coefficient (Wildman–Crippen LogP) is 1.95. The van der Waals surface area contributed by atoms with Gasteiger partial charge in [-0.15, -0.1) is 0 Å². The summed E-state index contributed by atoms with van der Waals surface area (Å²) in [6, 6.07) is 10.4. The zero-order chi connectivity index (χ0) is 24.1. The van der Waals surface area contributed by atoms with Crippen LogP contribution in [0.4, 0.5) is 11.4 Å². The van der Waals surface area contributed by atoms with Gasteiger partial charge in [-0.3, -0.25) is 9.59 Å². The number of carbonyl (C=O) groups is 2. The molecule has 4 rings (SSSR count). The van der Waals surface area contributed by atoms with Gasteiger partial charge in [-0.25, -0.2) is 13.4 Å². The number of aromatic nitrogens is 1. The van der Waals surface area contributed by atoms with Crippen LogP contribution in [-0.4, -0.2) is 62.9 Å². The second-order valence-electron chi connectivity index (χ2n) is 7.23. The van der Waals surface area contributed by atoms with Gasteiger partial charge in [-0.1, -0.05) is 0 Å². The summed E-state index contributed by atoms with van der Waals surface area (Å²) in [6.07, 6.45) is 2.82. The third-order valence-corrected chi connectivity index (χ3v) is 7.00. The Morgan fingerprint density at radius 3 is 2.26 bits per heavy atom. The molecule has 2 amide bonds. The largest absolute Gasteiger partial charge is 0.496 e. The molecule has 2 heterocycles. The SMILES string of the molecule is COc1cc(NC(=O)C(=O)Nc2ccc(S(=O)(=O)N3CCOCC3)cc2)ccc1-c1cnco1. The molecule has 0 saturated carbocycles. The van der Waals surface area contributed by atoms with E-state index < -0.39 is 21.8 Å². The number of hydrogen-bond donors (Lipinski definition) is 2. The molecule has 34 heavy (non-hydrogen) atoms. The third-order valence-electron chi connectivity index (χ3n) is 5.08. The molecule has 178 valence electrons. The van der Waals surface area contributed by atoms with Crippen LogP contribution in [0.15, 0.2) is 64.4 Å². The molecule has 0 unspecified atom stereocenters. The number of nitrogens with zero attached hydrogens (tertiary/aromatic N) is 2. The first kappa shape index (κ1) is 23.4. The van der Waals surface area contributed by atoms with Crippen molar-refractivity contribution in [3.05, 3.63) is 55.1 Å². The van der Waals surface area contributed by atoms with E-state index in [-0.39, 0.29) is 23.7 Å². The van der Waals surface area contributed by atoms with Gasteiger partial charge in [0.25, 0.3) is 0 Å². The van der Waals surface area contributed by atoms with E-state index in [2.05, 4.69) is 15.6 Å². The van der Waals surface area contributed by atoms with Crippen LogP contribution in [0, 0.1) is 0 Å². The monoisotopic (exact) mass is 486 g/mol. The van der Waals surface area contributed by atoms with Crippen molar-refractivity contribution in [2.75, 3.05) is 44.0 Å². The summed E-state index contributed by atoms with van der Waals surface area (Å²) in [5.41, 5.74) is 1.25. The van der Waals surface area contributed by atoms with Crippen molar-refractivity contribution < 1.29 is 31.9 Å². The summed E-state index contributed by atoms with van der Waals surface area (Å²) in [4.78, 5) is 28.6. The summed E-state index contributed by atoms with van der Waals surface area (Å²) in [5.74, 6) is -0.903. The molecule has 0 aliphatic carbocycles. The Morgan fingerprint density at radius 2 is 1.65 bits per heavy atom. The number of amides is 2. The highest BCUT2D eigenvalue weighted by Crippen LogP contribution is 2.32. The fraction of sp³-hybridized carbons (Fsp3) is 0.227. The Hall–Kier alpha value is -3.74. The number of anilines is 2. The van der Waals surface area contributed by atoms with Gasteiger partial charge in [0.1, 0.15) is 5.75 Å². The van der Waals surface area contributed by atoms with Crippen LogP contribution in [0.1, 0.15) is 0 Å². The Balaban J connectivity index is 1.39. The standard InChI is InChI=1S/C22H22N4O7S/c1-31-19-12-16(4-7-18(19)20-13-23-14-33-20)25-22(28)21(27)24-15-2-5-17(6-3-15)34(29,30)26-8-10-32-11-9-26/h2-7,12-14H,8-11H2,1H3,(H,24,27)(H,25,28). The molecule has 2 N–H and O–H groups in total. The zero-order valence-corrected chi connectivity index (χ0v) is 19.0. The van der Waals surface area contributed by atoms with Crippen LogP contribution in [0.5, 0.6) is 5.75 Å². The van der Waals surface area contributed by atoms with Crippen molar-refractivity contribution in [1.29, 1.82) is 0 Å². The van der Waals surface area contributed by atoms with E-state index in [1.165, 1.54) is 48.3 Å². The molecule has 1 aliphatic heterocycles. The molecule has 0 spiro atoms. The van der Waals surface area contributed by atoms with Crippen LogP contribution in [0.3, 0.4) is 0 Å². The highest BCUT2D eigenvalue weighted by Gasteiger charge is 2.26. The fourth-order valence-electron chi connectivity index (χ4n) is 3.34. The molecule has 11 nitrogen and oxygen atoms in total. The Bertz CT molecular complexity index is 1270. The number of methoxy groups -OCH3 is 1. The number of morpholine rings is 1. The molecule has 1 fully saturated rings. The van der Waals surface area contributed by atoms with E-state index >= 15 is 0 Å². The molecule has 2 aromatic carbocycles. The minimum atomic E-state index is -3.65. The first-order chi connectivity index (χ1) is 16.4. The average molecular weight is 487 g/mol. The van der Waals surface area contributed by atoms with Gasteiger partial charge in [-0.05, 0) is 36.4 Å². The van der Waals surface area contributed by atoms with Crippen LogP contribution in [-0.2, 0) is 24.3 Å². The molecule has 0 bridgehead atoms. The zero-order valence-electron chi connectivity index (χ0n) is 18.2. The van der Waals surface area contributed by atoms with Gasteiger partial charge >= 0.3 is 11.8 Å². The maximum atomic E-state index is 12.7. The topological polar surface area (TPSA) is 140 Å². The van der Waals surface area contributed by atoms with Crippen LogP contribution >= 0.6 is 0 Å². The van der Waals surface area contributed by atoms with Gasteiger partial charge < -0.3 is 24.5 Å². The number of nitrogens with one attached hydrogen (secondary N) is 2. The highest BCUT2D eigenvalue weighted by atomic mass is 32.2. The predicted molar refractivity (Wildman–Crippen MR) is 122 cm³/mol. The summed E-state index contributed by atoms with van der Waals surface area (Å²) in [5, 5.41) is 4.94. The van der Waals surface area contributed by atoms with Crippen molar-refractivity contribution in [1.82, 2.24) is 9.29 Å². The minimum Gasteiger partial charge on any atom is -0.496 e. The molecule has 0 radical (unpaired) electrons. The van der Waals surface area contributed by atoms with Gasteiger partial charge in [0.05, 0.1) is 37.0 Å². The van der Waals surface area contributed by atoms with E-state index in [1.54, 1.807) is 18.2 Å². The average Bonchev–Trinajstić information content (AvgIpc) is 3.39. The van der Waals surface area contributed by atoms with Crippen LogP contribution < -0.4 is 15.4 Å². The van der Waals surface area contributed by atoms with Crippen molar-refractivity contribution in [3.8, 4) is 17.1 Å². The van der Waals surface area contributed by atoms with E-state index in [4.69, 9.17) is 13.9 Å². The van der Waals surface area contributed by atoms with Crippen LogP contribution in [0.2, 0.25) is 0 Å². The number of ether oxygens (including phenoxy) is 2. The number of carbonyl (C=O) groups excluding carboxylic acids is 2. The third kappa shape index (κ3) is 5.09. The Kier molecular flexibility index (Phi) is 6.91. The fourth-order valence-corrected chi connectivity index (χ4v) is 4.75. The first-order valence-corrected chi connectivity index (χ1v) is 11.7. The number of benzene rings is 2. The molecule has 1 aromatic heterocycles.